The first kappa shape index (κ1) is 24.6. The highest BCUT2D eigenvalue weighted by atomic mass is 16.5. The fourth-order valence-electron chi connectivity index (χ4n) is 3.22. The molecule has 2 unspecified atom stereocenters. The summed E-state index contributed by atoms with van der Waals surface area (Å²) in [6, 6.07) is 12.9. The summed E-state index contributed by atoms with van der Waals surface area (Å²) in [6.45, 7) is 8.21. The van der Waals surface area contributed by atoms with Crippen LogP contribution in [0.5, 0.6) is 17.2 Å². The van der Waals surface area contributed by atoms with E-state index in [0.717, 1.165) is 16.7 Å². The Hall–Kier alpha value is -3.66. The van der Waals surface area contributed by atoms with Gasteiger partial charge in [-0.05, 0) is 51.5 Å². The lowest BCUT2D eigenvalue weighted by Gasteiger charge is -2.19. The van der Waals surface area contributed by atoms with Gasteiger partial charge in [-0.25, -0.2) is 0 Å². The number of ether oxygens (including phenoxy) is 3. The van der Waals surface area contributed by atoms with Gasteiger partial charge in [-0.15, -0.1) is 0 Å². The summed E-state index contributed by atoms with van der Waals surface area (Å²) in [5.41, 5.74) is 2.83. The van der Waals surface area contributed by atoms with Crippen molar-refractivity contribution in [3.8, 4) is 23.3 Å². The van der Waals surface area contributed by atoms with Crippen molar-refractivity contribution in [2.75, 3.05) is 20.8 Å². The van der Waals surface area contributed by atoms with Crippen LogP contribution in [0.1, 0.15) is 49.5 Å². The molecule has 2 aromatic carbocycles. The third-order valence-electron chi connectivity index (χ3n) is 5.03. The molecular weight excluding hydrogens is 406 g/mol. The number of methoxy groups -OCH3 is 2. The van der Waals surface area contributed by atoms with Crippen LogP contribution in [-0.4, -0.2) is 26.7 Å². The molecule has 0 aromatic heterocycles. The van der Waals surface area contributed by atoms with Gasteiger partial charge in [-0.1, -0.05) is 23.8 Å². The first-order valence-electron chi connectivity index (χ1n) is 10.5. The second-order valence-electron chi connectivity index (χ2n) is 7.34. The zero-order valence-electron chi connectivity index (χ0n) is 19.5. The lowest BCUT2D eigenvalue weighted by atomic mass is 10.0. The van der Waals surface area contributed by atoms with Gasteiger partial charge in [0.05, 0.1) is 26.9 Å². The van der Waals surface area contributed by atoms with Crippen molar-refractivity contribution in [1.82, 2.24) is 10.6 Å². The molecule has 0 saturated heterocycles. The molecule has 0 spiro atoms. The van der Waals surface area contributed by atoms with Gasteiger partial charge in [-0.3, -0.25) is 4.79 Å². The fourth-order valence-corrected chi connectivity index (χ4v) is 3.22. The first-order valence-corrected chi connectivity index (χ1v) is 10.5. The van der Waals surface area contributed by atoms with Crippen LogP contribution in [0.25, 0.3) is 0 Å². The largest absolute Gasteiger partial charge is 0.494 e. The van der Waals surface area contributed by atoms with E-state index in [1.807, 2.05) is 70.2 Å². The summed E-state index contributed by atoms with van der Waals surface area (Å²) in [5, 5.41) is 15.5. The average Bonchev–Trinajstić information content (AvgIpc) is 2.79. The Morgan fingerprint density at radius 2 is 1.75 bits per heavy atom. The topological polar surface area (TPSA) is 92.6 Å². The van der Waals surface area contributed by atoms with Crippen molar-refractivity contribution in [3.05, 3.63) is 64.9 Å². The molecule has 2 rings (SSSR count). The van der Waals surface area contributed by atoms with E-state index >= 15 is 0 Å². The molecule has 2 N–H and O–H groups in total. The summed E-state index contributed by atoms with van der Waals surface area (Å²) in [4.78, 5) is 12.7. The van der Waals surface area contributed by atoms with Gasteiger partial charge in [-0.2, -0.15) is 5.26 Å². The van der Waals surface area contributed by atoms with Crippen molar-refractivity contribution in [2.45, 2.75) is 39.8 Å². The molecule has 0 bridgehead atoms. The van der Waals surface area contributed by atoms with Crippen molar-refractivity contribution in [3.63, 3.8) is 0 Å². The van der Waals surface area contributed by atoms with E-state index < -0.39 is 5.91 Å². The summed E-state index contributed by atoms with van der Waals surface area (Å²) in [6.07, 6.45) is 1.43. The van der Waals surface area contributed by atoms with Crippen LogP contribution in [0.4, 0.5) is 0 Å². The average molecular weight is 438 g/mol. The number of aryl methyl sites for hydroxylation is 1. The normalized spacial score (nSPS) is 12.8. The van der Waals surface area contributed by atoms with E-state index in [0.29, 0.717) is 23.9 Å². The smallest absolute Gasteiger partial charge is 0.263 e. The number of nitriles is 1. The minimum atomic E-state index is -0.462. The van der Waals surface area contributed by atoms with E-state index in [1.54, 1.807) is 14.2 Å². The number of nitrogens with zero attached hydrogens (tertiary/aromatic N) is 1. The molecule has 7 nitrogen and oxygen atoms in total. The summed E-state index contributed by atoms with van der Waals surface area (Å²) >= 11 is 0. The lowest BCUT2D eigenvalue weighted by molar-refractivity contribution is -0.117. The van der Waals surface area contributed by atoms with E-state index in [-0.39, 0.29) is 17.7 Å². The molecule has 32 heavy (non-hydrogen) atoms. The highest BCUT2D eigenvalue weighted by Crippen LogP contribution is 2.30. The maximum atomic E-state index is 12.7. The molecule has 0 aliphatic heterocycles. The van der Waals surface area contributed by atoms with Crippen molar-refractivity contribution in [2.24, 2.45) is 0 Å². The predicted molar refractivity (Wildman–Crippen MR) is 124 cm³/mol. The minimum absolute atomic E-state index is 0.0187. The minimum Gasteiger partial charge on any atom is -0.494 e. The van der Waals surface area contributed by atoms with Gasteiger partial charge in [0.2, 0.25) is 0 Å². The summed E-state index contributed by atoms with van der Waals surface area (Å²) in [5.74, 6) is 1.50. The van der Waals surface area contributed by atoms with Crippen LogP contribution in [0.15, 0.2) is 48.2 Å². The zero-order chi connectivity index (χ0) is 23.7. The van der Waals surface area contributed by atoms with E-state index in [1.165, 1.54) is 6.20 Å². The number of rotatable bonds is 10. The van der Waals surface area contributed by atoms with Crippen LogP contribution >= 0.6 is 0 Å². The van der Waals surface area contributed by atoms with Crippen LogP contribution in [0.3, 0.4) is 0 Å². The molecule has 2 atom stereocenters. The number of benzene rings is 2. The molecule has 0 radical (unpaired) electrons. The second kappa shape index (κ2) is 11.7. The molecule has 170 valence electrons. The zero-order valence-corrected chi connectivity index (χ0v) is 19.5. The Kier molecular flexibility index (Phi) is 8.96. The third-order valence-corrected chi connectivity index (χ3v) is 5.03. The SMILES string of the molecule is CCOc1ccc(C)cc1C(C)NC(=O)/C(C#N)=C\NC(C)c1ccc(OC)c(OC)c1. The molecular formula is C25H31N3O4. The Morgan fingerprint density at radius 1 is 1.06 bits per heavy atom. The highest BCUT2D eigenvalue weighted by Gasteiger charge is 2.18. The van der Waals surface area contributed by atoms with Crippen LogP contribution < -0.4 is 24.8 Å². The van der Waals surface area contributed by atoms with Gasteiger partial charge in [0.1, 0.15) is 17.4 Å². The van der Waals surface area contributed by atoms with Gasteiger partial charge < -0.3 is 24.8 Å². The maximum Gasteiger partial charge on any atom is 0.263 e. The monoisotopic (exact) mass is 437 g/mol. The third kappa shape index (κ3) is 6.17. The molecule has 1 amide bonds. The number of hydrogen-bond donors (Lipinski definition) is 2. The number of carbonyl (C=O) groups excluding carboxylic acids is 1. The molecule has 0 aliphatic rings. The van der Waals surface area contributed by atoms with Gasteiger partial charge >= 0.3 is 0 Å². The lowest BCUT2D eigenvalue weighted by Crippen LogP contribution is -2.29. The summed E-state index contributed by atoms with van der Waals surface area (Å²) < 4.78 is 16.3. The fraction of sp³-hybridized carbons (Fsp3) is 0.360. The van der Waals surface area contributed by atoms with Gasteiger partial charge in [0.15, 0.2) is 11.5 Å². The Bertz CT molecular complexity index is 1010. The van der Waals surface area contributed by atoms with Crippen LogP contribution in [-0.2, 0) is 4.79 Å². The standard InChI is InChI=1S/C25H31N3O4/c1-7-32-22-10-8-16(2)12-21(22)18(4)28-25(29)20(14-26)15-27-17(3)19-9-11-23(30-5)24(13-19)31-6/h8-13,15,17-18,27H,7H2,1-6H3,(H,28,29)/b20-15-. The molecule has 0 heterocycles. The molecule has 0 fully saturated rings. The number of amides is 1. The van der Waals surface area contributed by atoms with Crippen molar-refractivity contribution in [1.29, 1.82) is 5.26 Å². The predicted octanol–water partition coefficient (Wildman–Crippen LogP) is 4.35. The van der Waals surface area contributed by atoms with Crippen molar-refractivity contribution < 1.29 is 19.0 Å². The highest BCUT2D eigenvalue weighted by molar-refractivity contribution is 5.97. The number of carbonyl (C=O) groups is 1. The number of nitrogens with one attached hydrogen (secondary N) is 2. The molecule has 0 saturated carbocycles. The van der Waals surface area contributed by atoms with Gasteiger partial charge in [0.25, 0.3) is 5.91 Å². The Morgan fingerprint density at radius 3 is 2.38 bits per heavy atom. The number of hydrogen-bond acceptors (Lipinski definition) is 6. The molecule has 2 aromatic rings. The Balaban J connectivity index is 2.12. The first-order chi connectivity index (χ1) is 15.3. The van der Waals surface area contributed by atoms with E-state index in [4.69, 9.17) is 14.2 Å². The summed E-state index contributed by atoms with van der Waals surface area (Å²) in [7, 11) is 3.15. The molecule has 0 aliphatic carbocycles. The van der Waals surface area contributed by atoms with Gasteiger partial charge in [0, 0.05) is 17.8 Å². The maximum absolute atomic E-state index is 12.7. The van der Waals surface area contributed by atoms with Crippen LogP contribution in [0.2, 0.25) is 0 Å². The Labute approximate surface area is 190 Å². The van der Waals surface area contributed by atoms with E-state index in [9.17, 15) is 10.1 Å². The molecule has 7 heteroatoms. The second-order valence-corrected chi connectivity index (χ2v) is 7.34. The van der Waals surface area contributed by atoms with Crippen molar-refractivity contribution >= 4 is 5.91 Å². The van der Waals surface area contributed by atoms with Crippen LogP contribution in [0, 0.1) is 18.3 Å². The quantitative estimate of drug-likeness (QED) is 0.424. The van der Waals surface area contributed by atoms with E-state index in [2.05, 4.69) is 10.6 Å².